The van der Waals surface area contributed by atoms with Crippen molar-refractivity contribution in [2.45, 2.75) is 51.1 Å². The van der Waals surface area contributed by atoms with E-state index >= 15 is 0 Å². The minimum atomic E-state index is 0.0784. The van der Waals surface area contributed by atoms with Crippen LogP contribution in [0.1, 0.15) is 49.4 Å². The Morgan fingerprint density at radius 1 is 1.07 bits per heavy atom. The Bertz CT molecular complexity index is 624. The standard InChI is InChI=1S/C22H34N4O/c1-2-25-10-12-26(13-11-25)20-8-6-16(7-9-20)22(27)24-21-17-4-3-5-18(21)15-19(23)14-17/h6-9,17-19,21H,2-5,10-15,23H2,1H3,(H,24,27). The molecule has 1 aliphatic heterocycles. The number of anilines is 1. The van der Waals surface area contributed by atoms with Gasteiger partial charge in [0.05, 0.1) is 0 Å². The summed E-state index contributed by atoms with van der Waals surface area (Å²) in [5, 5.41) is 3.36. The number of carbonyl (C=O) groups excluding carboxylic acids is 1. The Kier molecular flexibility index (Phi) is 5.69. The molecule has 0 spiro atoms. The Morgan fingerprint density at radius 3 is 2.30 bits per heavy atom. The fourth-order valence-electron chi connectivity index (χ4n) is 5.41. The normalized spacial score (nSPS) is 31.6. The Labute approximate surface area is 163 Å². The summed E-state index contributed by atoms with van der Waals surface area (Å²) in [7, 11) is 0. The lowest BCUT2D eigenvalue weighted by atomic mass is 9.67. The number of amides is 1. The first-order valence-corrected chi connectivity index (χ1v) is 10.8. The van der Waals surface area contributed by atoms with E-state index in [0.717, 1.165) is 51.1 Å². The number of hydrogen-bond acceptors (Lipinski definition) is 4. The van der Waals surface area contributed by atoms with Crippen LogP contribution < -0.4 is 16.0 Å². The van der Waals surface area contributed by atoms with Gasteiger partial charge in [0.25, 0.3) is 5.91 Å². The van der Waals surface area contributed by atoms with Gasteiger partial charge in [-0.25, -0.2) is 0 Å². The zero-order chi connectivity index (χ0) is 18.8. The molecule has 2 unspecified atom stereocenters. The van der Waals surface area contributed by atoms with E-state index in [4.69, 9.17) is 5.73 Å². The monoisotopic (exact) mass is 370 g/mol. The summed E-state index contributed by atoms with van der Waals surface area (Å²) in [6.45, 7) is 7.70. The van der Waals surface area contributed by atoms with E-state index in [1.165, 1.54) is 24.9 Å². The molecule has 2 aliphatic carbocycles. The number of fused-ring (bicyclic) bond motifs is 2. The molecule has 4 rings (SSSR count). The van der Waals surface area contributed by atoms with E-state index in [-0.39, 0.29) is 5.91 Å². The highest BCUT2D eigenvalue weighted by molar-refractivity contribution is 5.94. The number of nitrogens with one attached hydrogen (secondary N) is 1. The van der Waals surface area contributed by atoms with Crippen LogP contribution in [0.4, 0.5) is 5.69 Å². The third-order valence-corrected chi connectivity index (χ3v) is 6.99. The molecule has 2 saturated carbocycles. The molecule has 1 aromatic rings. The minimum absolute atomic E-state index is 0.0784. The molecule has 1 heterocycles. The van der Waals surface area contributed by atoms with Gasteiger partial charge in [0.15, 0.2) is 0 Å². The second-order valence-electron chi connectivity index (χ2n) is 8.65. The van der Waals surface area contributed by atoms with E-state index in [1.54, 1.807) is 0 Å². The van der Waals surface area contributed by atoms with E-state index in [2.05, 4.69) is 34.2 Å². The molecule has 1 amide bonds. The quantitative estimate of drug-likeness (QED) is 0.855. The van der Waals surface area contributed by atoms with Crippen molar-refractivity contribution in [1.29, 1.82) is 0 Å². The minimum Gasteiger partial charge on any atom is -0.369 e. The van der Waals surface area contributed by atoms with Crippen molar-refractivity contribution < 1.29 is 4.79 Å². The molecular weight excluding hydrogens is 336 g/mol. The smallest absolute Gasteiger partial charge is 0.251 e. The molecule has 3 N–H and O–H groups in total. The lowest BCUT2D eigenvalue weighted by molar-refractivity contribution is 0.0756. The van der Waals surface area contributed by atoms with Crippen molar-refractivity contribution in [2.75, 3.05) is 37.6 Å². The van der Waals surface area contributed by atoms with Crippen LogP contribution in [-0.2, 0) is 0 Å². The van der Waals surface area contributed by atoms with Crippen LogP contribution in [0.3, 0.4) is 0 Å². The Morgan fingerprint density at radius 2 is 1.70 bits per heavy atom. The molecule has 148 valence electrons. The zero-order valence-corrected chi connectivity index (χ0v) is 16.6. The SMILES string of the molecule is CCN1CCN(c2ccc(C(=O)NC3C4CCCC3CC(N)C4)cc2)CC1. The number of hydrogen-bond donors (Lipinski definition) is 2. The van der Waals surface area contributed by atoms with Gasteiger partial charge in [-0.15, -0.1) is 0 Å². The maximum Gasteiger partial charge on any atom is 0.251 e. The van der Waals surface area contributed by atoms with Crippen LogP contribution in [0.5, 0.6) is 0 Å². The van der Waals surface area contributed by atoms with Crippen LogP contribution in [0.25, 0.3) is 0 Å². The fraction of sp³-hybridized carbons (Fsp3) is 0.682. The molecular formula is C22H34N4O. The maximum absolute atomic E-state index is 12.8. The maximum atomic E-state index is 12.8. The molecule has 0 aromatic heterocycles. The predicted molar refractivity (Wildman–Crippen MR) is 110 cm³/mol. The highest BCUT2D eigenvalue weighted by Gasteiger charge is 2.39. The molecule has 3 aliphatic rings. The fourth-order valence-corrected chi connectivity index (χ4v) is 5.41. The van der Waals surface area contributed by atoms with Gasteiger partial charge >= 0.3 is 0 Å². The van der Waals surface area contributed by atoms with Crippen LogP contribution in [-0.4, -0.2) is 55.6 Å². The number of benzene rings is 1. The predicted octanol–water partition coefficient (Wildman–Crippen LogP) is 2.46. The van der Waals surface area contributed by atoms with E-state index < -0.39 is 0 Å². The van der Waals surface area contributed by atoms with Gasteiger partial charge in [-0.3, -0.25) is 4.79 Å². The largest absolute Gasteiger partial charge is 0.369 e. The Balaban J connectivity index is 1.37. The number of nitrogens with two attached hydrogens (primary N) is 1. The van der Waals surface area contributed by atoms with Gasteiger partial charge in [0.1, 0.15) is 0 Å². The van der Waals surface area contributed by atoms with Gasteiger partial charge < -0.3 is 20.9 Å². The number of likely N-dealkylation sites (N-methyl/N-ethyl adjacent to an activating group) is 1. The zero-order valence-electron chi connectivity index (χ0n) is 16.6. The number of nitrogens with zero attached hydrogens (tertiary/aromatic N) is 2. The van der Waals surface area contributed by atoms with Gasteiger partial charge in [-0.1, -0.05) is 13.3 Å². The molecule has 2 bridgehead atoms. The van der Waals surface area contributed by atoms with Gasteiger partial charge in [-0.2, -0.15) is 0 Å². The summed E-state index contributed by atoms with van der Waals surface area (Å²) >= 11 is 0. The summed E-state index contributed by atoms with van der Waals surface area (Å²) < 4.78 is 0. The summed E-state index contributed by atoms with van der Waals surface area (Å²) in [4.78, 5) is 17.7. The topological polar surface area (TPSA) is 61.6 Å². The number of rotatable bonds is 4. The molecule has 27 heavy (non-hydrogen) atoms. The first-order valence-electron chi connectivity index (χ1n) is 10.8. The highest BCUT2D eigenvalue weighted by atomic mass is 16.1. The van der Waals surface area contributed by atoms with Crippen molar-refractivity contribution in [3.63, 3.8) is 0 Å². The van der Waals surface area contributed by atoms with Crippen LogP contribution in [0.2, 0.25) is 0 Å². The second-order valence-corrected chi connectivity index (χ2v) is 8.65. The third kappa shape index (κ3) is 4.14. The summed E-state index contributed by atoms with van der Waals surface area (Å²) in [6, 6.07) is 8.82. The first-order chi connectivity index (χ1) is 13.1. The molecule has 1 aromatic carbocycles. The first kappa shape index (κ1) is 18.8. The molecule has 2 atom stereocenters. The molecule has 1 saturated heterocycles. The average Bonchev–Trinajstić information content (AvgIpc) is 2.69. The number of piperazine rings is 1. The lowest BCUT2D eigenvalue weighted by Gasteiger charge is -2.45. The molecule has 0 radical (unpaired) electrons. The highest BCUT2D eigenvalue weighted by Crippen LogP contribution is 2.39. The van der Waals surface area contributed by atoms with Crippen molar-refractivity contribution in [1.82, 2.24) is 10.2 Å². The average molecular weight is 371 g/mol. The van der Waals surface area contributed by atoms with Crippen molar-refractivity contribution in [3.8, 4) is 0 Å². The molecule has 5 heteroatoms. The van der Waals surface area contributed by atoms with Crippen molar-refractivity contribution >= 4 is 11.6 Å². The van der Waals surface area contributed by atoms with Crippen molar-refractivity contribution in [2.24, 2.45) is 17.6 Å². The summed E-state index contributed by atoms with van der Waals surface area (Å²) in [6.07, 6.45) is 5.82. The van der Waals surface area contributed by atoms with Crippen LogP contribution in [0, 0.1) is 11.8 Å². The molecule has 3 fully saturated rings. The van der Waals surface area contributed by atoms with Crippen molar-refractivity contribution in [3.05, 3.63) is 29.8 Å². The summed E-state index contributed by atoms with van der Waals surface area (Å²) in [5.41, 5.74) is 8.22. The Hall–Kier alpha value is -1.59. The second kappa shape index (κ2) is 8.19. The van der Waals surface area contributed by atoms with Gasteiger partial charge in [0, 0.05) is 49.5 Å². The van der Waals surface area contributed by atoms with E-state index in [9.17, 15) is 4.79 Å². The van der Waals surface area contributed by atoms with E-state index in [0.29, 0.717) is 23.9 Å². The van der Waals surface area contributed by atoms with Gasteiger partial charge in [-0.05, 0) is 68.3 Å². The van der Waals surface area contributed by atoms with E-state index in [1.807, 2.05) is 12.1 Å². The van der Waals surface area contributed by atoms with Crippen LogP contribution in [0.15, 0.2) is 24.3 Å². The van der Waals surface area contributed by atoms with Gasteiger partial charge in [0.2, 0.25) is 0 Å². The lowest BCUT2D eigenvalue weighted by Crippen LogP contribution is -2.53. The summed E-state index contributed by atoms with van der Waals surface area (Å²) in [5.74, 6) is 1.20. The van der Waals surface area contributed by atoms with Crippen LogP contribution >= 0.6 is 0 Å². The molecule has 5 nitrogen and oxygen atoms in total. The third-order valence-electron chi connectivity index (χ3n) is 6.99. The number of carbonyl (C=O) groups is 1.